The molecule has 3 aromatic rings. The SMILES string of the molecule is CC1NCCn2c(C(=O)NCCn3ccn4nccc4c3=O)ccc21. The average molecular weight is 340 g/mol. The predicted molar refractivity (Wildman–Crippen MR) is 92.6 cm³/mol. The number of carbonyl (C=O) groups is 1. The third kappa shape index (κ3) is 2.74. The zero-order valence-electron chi connectivity index (χ0n) is 14.0. The summed E-state index contributed by atoms with van der Waals surface area (Å²) >= 11 is 0. The Morgan fingerprint density at radius 2 is 2.24 bits per heavy atom. The minimum Gasteiger partial charge on any atom is -0.349 e. The molecular weight excluding hydrogens is 320 g/mol. The zero-order chi connectivity index (χ0) is 17.4. The summed E-state index contributed by atoms with van der Waals surface area (Å²) in [5, 5.41) is 10.3. The van der Waals surface area contributed by atoms with Gasteiger partial charge in [0.25, 0.3) is 11.5 Å². The van der Waals surface area contributed by atoms with Gasteiger partial charge in [0.05, 0.1) is 6.20 Å². The molecule has 130 valence electrons. The van der Waals surface area contributed by atoms with Crippen molar-refractivity contribution in [1.82, 2.24) is 29.4 Å². The topological polar surface area (TPSA) is 85.4 Å². The minimum absolute atomic E-state index is 0.112. The monoisotopic (exact) mass is 340 g/mol. The van der Waals surface area contributed by atoms with Crippen LogP contribution < -0.4 is 16.2 Å². The number of nitrogens with one attached hydrogen (secondary N) is 2. The summed E-state index contributed by atoms with van der Waals surface area (Å²) in [6, 6.07) is 5.78. The van der Waals surface area contributed by atoms with Gasteiger partial charge < -0.3 is 19.8 Å². The van der Waals surface area contributed by atoms with E-state index in [0.29, 0.717) is 24.3 Å². The van der Waals surface area contributed by atoms with Crippen molar-refractivity contribution in [2.45, 2.75) is 26.1 Å². The largest absolute Gasteiger partial charge is 0.349 e. The van der Waals surface area contributed by atoms with Crippen molar-refractivity contribution < 1.29 is 4.79 Å². The fourth-order valence-corrected chi connectivity index (χ4v) is 3.32. The van der Waals surface area contributed by atoms with E-state index in [1.54, 1.807) is 33.7 Å². The highest BCUT2D eigenvalue weighted by atomic mass is 16.2. The number of nitrogens with zero attached hydrogens (tertiary/aromatic N) is 4. The molecule has 0 saturated carbocycles. The molecule has 0 aromatic carbocycles. The maximum absolute atomic E-state index is 12.5. The van der Waals surface area contributed by atoms with E-state index in [2.05, 4.69) is 27.2 Å². The number of hydrogen-bond donors (Lipinski definition) is 2. The number of rotatable bonds is 4. The lowest BCUT2D eigenvalue weighted by atomic mass is 10.2. The van der Waals surface area contributed by atoms with E-state index >= 15 is 0 Å². The summed E-state index contributed by atoms with van der Waals surface area (Å²) in [4.78, 5) is 24.8. The van der Waals surface area contributed by atoms with Crippen molar-refractivity contribution in [3.63, 3.8) is 0 Å². The fraction of sp³-hybridized carbons (Fsp3) is 0.353. The van der Waals surface area contributed by atoms with Crippen LogP contribution in [0.15, 0.2) is 41.6 Å². The van der Waals surface area contributed by atoms with Gasteiger partial charge in [-0.05, 0) is 25.1 Å². The Labute approximate surface area is 144 Å². The van der Waals surface area contributed by atoms with Crippen LogP contribution in [-0.4, -0.2) is 37.7 Å². The van der Waals surface area contributed by atoms with Crippen molar-refractivity contribution in [1.29, 1.82) is 0 Å². The van der Waals surface area contributed by atoms with Crippen molar-refractivity contribution in [3.8, 4) is 0 Å². The van der Waals surface area contributed by atoms with E-state index in [1.807, 2.05) is 12.1 Å². The van der Waals surface area contributed by atoms with Crippen LogP contribution in [0.4, 0.5) is 0 Å². The van der Waals surface area contributed by atoms with Crippen LogP contribution in [-0.2, 0) is 13.1 Å². The van der Waals surface area contributed by atoms with Crippen LogP contribution >= 0.6 is 0 Å². The third-order valence-corrected chi connectivity index (χ3v) is 4.65. The van der Waals surface area contributed by atoms with Gasteiger partial charge in [0.2, 0.25) is 0 Å². The van der Waals surface area contributed by atoms with Gasteiger partial charge in [-0.3, -0.25) is 9.59 Å². The maximum atomic E-state index is 12.5. The first-order chi connectivity index (χ1) is 12.1. The van der Waals surface area contributed by atoms with E-state index in [1.165, 1.54) is 0 Å². The standard InChI is InChI=1S/C17H20N6O2/c1-12-13-2-3-14(22(13)9-7-18-12)16(24)19-6-8-21-10-11-23-15(17(21)25)4-5-20-23/h2-5,10-12,18H,6-9H2,1H3,(H,19,24). The van der Waals surface area contributed by atoms with Gasteiger partial charge in [-0.25, -0.2) is 4.52 Å². The number of hydrogen-bond acceptors (Lipinski definition) is 4. The second kappa shape index (κ2) is 6.21. The molecule has 3 aromatic heterocycles. The Hall–Kier alpha value is -2.87. The summed E-state index contributed by atoms with van der Waals surface area (Å²) in [6.07, 6.45) is 5.01. The molecule has 1 aliphatic heterocycles. The van der Waals surface area contributed by atoms with Crippen LogP contribution in [0.2, 0.25) is 0 Å². The second-order valence-corrected chi connectivity index (χ2v) is 6.18. The van der Waals surface area contributed by atoms with Gasteiger partial charge in [-0.2, -0.15) is 5.10 Å². The fourth-order valence-electron chi connectivity index (χ4n) is 3.32. The lowest BCUT2D eigenvalue weighted by Gasteiger charge is -2.24. The van der Waals surface area contributed by atoms with Crippen LogP contribution in [0.5, 0.6) is 0 Å². The number of fused-ring (bicyclic) bond motifs is 2. The van der Waals surface area contributed by atoms with Gasteiger partial charge >= 0.3 is 0 Å². The maximum Gasteiger partial charge on any atom is 0.276 e. The van der Waals surface area contributed by atoms with E-state index in [-0.39, 0.29) is 17.5 Å². The smallest absolute Gasteiger partial charge is 0.276 e. The van der Waals surface area contributed by atoms with E-state index in [0.717, 1.165) is 18.8 Å². The molecule has 0 spiro atoms. The number of amides is 1. The lowest BCUT2D eigenvalue weighted by molar-refractivity contribution is 0.0941. The molecule has 1 aliphatic rings. The zero-order valence-corrected chi connectivity index (χ0v) is 14.0. The van der Waals surface area contributed by atoms with E-state index in [9.17, 15) is 9.59 Å². The minimum atomic E-state index is -0.116. The lowest BCUT2D eigenvalue weighted by Crippen LogP contribution is -2.36. The second-order valence-electron chi connectivity index (χ2n) is 6.18. The van der Waals surface area contributed by atoms with E-state index < -0.39 is 0 Å². The van der Waals surface area contributed by atoms with Gasteiger partial charge in [0.15, 0.2) is 0 Å². The molecule has 0 bridgehead atoms. The molecule has 0 aliphatic carbocycles. The summed E-state index contributed by atoms with van der Waals surface area (Å²) in [7, 11) is 0. The quantitative estimate of drug-likeness (QED) is 0.720. The van der Waals surface area contributed by atoms with Gasteiger partial charge in [0, 0.05) is 50.3 Å². The summed E-state index contributed by atoms with van der Waals surface area (Å²) in [5.41, 5.74) is 2.20. The molecule has 25 heavy (non-hydrogen) atoms. The van der Waals surface area contributed by atoms with Crippen molar-refractivity contribution >= 4 is 11.4 Å². The van der Waals surface area contributed by atoms with E-state index in [4.69, 9.17) is 0 Å². The Balaban J connectivity index is 1.44. The molecule has 4 rings (SSSR count). The highest BCUT2D eigenvalue weighted by Crippen LogP contribution is 2.20. The molecule has 8 nitrogen and oxygen atoms in total. The number of aromatic nitrogens is 4. The third-order valence-electron chi connectivity index (χ3n) is 4.65. The van der Waals surface area contributed by atoms with Crippen molar-refractivity contribution in [2.24, 2.45) is 0 Å². The summed E-state index contributed by atoms with van der Waals surface area (Å²) in [6.45, 7) is 4.53. The molecule has 1 atom stereocenters. The first kappa shape index (κ1) is 15.6. The highest BCUT2D eigenvalue weighted by Gasteiger charge is 2.21. The average Bonchev–Trinajstić information content (AvgIpc) is 3.24. The molecule has 0 saturated heterocycles. The van der Waals surface area contributed by atoms with Crippen LogP contribution in [0.3, 0.4) is 0 Å². The molecular formula is C17H20N6O2. The van der Waals surface area contributed by atoms with Crippen molar-refractivity contribution in [2.75, 3.05) is 13.1 Å². The van der Waals surface area contributed by atoms with Gasteiger partial charge in [-0.15, -0.1) is 0 Å². The van der Waals surface area contributed by atoms with Crippen LogP contribution in [0.1, 0.15) is 29.1 Å². The molecule has 2 N–H and O–H groups in total. The first-order valence-corrected chi connectivity index (χ1v) is 8.39. The molecule has 4 heterocycles. The Morgan fingerprint density at radius 3 is 3.12 bits per heavy atom. The molecule has 0 fully saturated rings. The predicted octanol–water partition coefficient (Wildman–Crippen LogP) is 0.392. The Kier molecular flexibility index (Phi) is 3.89. The van der Waals surface area contributed by atoms with Crippen LogP contribution in [0, 0.1) is 0 Å². The molecule has 1 unspecified atom stereocenters. The normalized spacial score (nSPS) is 16.8. The van der Waals surface area contributed by atoms with Crippen molar-refractivity contribution in [3.05, 3.63) is 58.5 Å². The van der Waals surface area contributed by atoms with Gasteiger partial charge in [-0.1, -0.05) is 0 Å². The number of carbonyl (C=O) groups excluding carboxylic acids is 1. The first-order valence-electron chi connectivity index (χ1n) is 8.39. The highest BCUT2D eigenvalue weighted by molar-refractivity contribution is 5.93. The molecule has 0 radical (unpaired) electrons. The molecule has 8 heteroatoms. The Morgan fingerprint density at radius 1 is 1.36 bits per heavy atom. The van der Waals surface area contributed by atoms with Gasteiger partial charge in [0.1, 0.15) is 11.2 Å². The Bertz CT molecular complexity index is 983. The summed E-state index contributed by atoms with van der Waals surface area (Å²) < 4.78 is 5.18. The van der Waals surface area contributed by atoms with Crippen LogP contribution in [0.25, 0.3) is 5.52 Å². The summed E-state index contributed by atoms with van der Waals surface area (Å²) in [5.74, 6) is -0.112. The molecule has 1 amide bonds.